The van der Waals surface area contributed by atoms with Crippen LogP contribution < -0.4 is 5.32 Å². The van der Waals surface area contributed by atoms with Crippen LogP contribution >= 0.6 is 34.8 Å². The maximum atomic E-state index is 6.30. The van der Waals surface area contributed by atoms with Crippen molar-refractivity contribution in [3.63, 3.8) is 0 Å². The molecule has 0 saturated heterocycles. The maximum Gasteiger partial charge on any atom is 0.0595 e. The van der Waals surface area contributed by atoms with E-state index < -0.39 is 0 Å². The van der Waals surface area contributed by atoms with E-state index in [9.17, 15) is 0 Å². The van der Waals surface area contributed by atoms with Gasteiger partial charge in [-0.15, -0.1) is 0 Å². The van der Waals surface area contributed by atoms with Crippen molar-refractivity contribution in [2.45, 2.75) is 31.2 Å². The van der Waals surface area contributed by atoms with Crippen LogP contribution in [0.25, 0.3) is 0 Å². The first-order valence-electron chi connectivity index (χ1n) is 8.63. The zero-order valence-corrected chi connectivity index (χ0v) is 15.4. The molecular formula is C20H18Cl3N. The fourth-order valence-electron chi connectivity index (χ4n) is 5.49. The van der Waals surface area contributed by atoms with Gasteiger partial charge in [0.1, 0.15) is 0 Å². The Morgan fingerprint density at radius 3 is 2.54 bits per heavy atom. The van der Waals surface area contributed by atoms with Crippen LogP contribution in [0.4, 0.5) is 5.69 Å². The molecule has 0 radical (unpaired) electrons. The Balaban J connectivity index is 1.64. The van der Waals surface area contributed by atoms with Crippen molar-refractivity contribution in [1.82, 2.24) is 0 Å². The average molecular weight is 379 g/mol. The highest BCUT2D eigenvalue weighted by Crippen LogP contribution is 2.63. The van der Waals surface area contributed by atoms with Gasteiger partial charge in [-0.05, 0) is 84.4 Å². The summed E-state index contributed by atoms with van der Waals surface area (Å²) in [6.45, 7) is 0. The van der Waals surface area contributed by atoms with Crippen molar-refractivity contribution in [2.75, 3.05) is 5.32 Å². The summed E-state index contributed by atoms with van der Waals surface area (Å²) in [6, 6.07) is 12.7. The van der Waals surface area contributed by atoms with Gasteiger partial charge in [-0.1, -0.05) is 40.9 Å². The molecule has 124 valence electrons. The average Bonchev–Trinajstić information content (AvgIpc) is 3.19. The van der Waals surface area contributed by atoms with Gasteiger partial charge in [-0.25, -0.2) is 0 Å². The lowest BCUT2D eigenvalue weighted by Crippen LogP contribution is -2.35. The van der Waals surface area contributed by atoms with E-state index in [4.69, 9.17) is 34.8 Å². The van der Waals surface area contributed by atoms with Gasteiger partial charge in [0, 0.05) is 10.7 Å². The number of fused-ring (bicyclic) bond motifs is 7. The second-order valence-corrected chi connectivity index (χ2v) is 8.71. The molecule has 24 heavy (non-hydrogen) atoms. The summed E-state index contributed by atoms with van der Waals surface area (Å²) in [7, 11) is 0. The van der Waals surface area contributed by atoms with Crippen molar-refractivity contribution < 1.29 is 0 Å². The summed E-state index contributed by atoms with van der Waals surface area (Å²) in [4.78, 5) is 0. The van der Waals surface area contributed by atoms with Gasteiger partial charge >= 0.3 is 0 Å². The fraction of sp³-hybridized carbons (Fsp3) is 0.400. The van der Waals surface area contributed by atoms with Crippen molar-refractivity contribution in [2.24, 2.45) is 17.8 Å². The highest BCUT2D eigenvalue weighted by Gasteiger charge is 2.53. The molecule has 1 heterocycles. The fourth-order valence-corrected chi connectivity index (χ4v) is 5.98. The van der Waals surface area contributed by atoms with Crippen LogP contribution in [0.3, 0.4) is 0 Å². The number of nitrogens with one attached hydrogen (secondary N) is 1. The largest absolute Gasteiger partial charge is 0.378 e. The van der Waals surface area contributed by atoms with E-state index in [2.05, 4.69) is 23.5 Å². The monoisotopic (exact) mass is 377 g/mol. The molecule has 1 aliphatic heterocycles. The van der Waals surface area contributed by atoms with Crippen LogP contribution in [0.2, 0.25) is 15.1 Å². The van der Waals surface area contributed by atoms with Crippen LogP contribution in [-0.4, -0.2) is 0 Å². The van der Waals surface area contributed by atoms with E-state index in [-0.39, 0.29) is 0 Å². The van der Waals surface area contributed by atoms with Crippen LogP contribution in [0.1, 0.15) is 42.3 Å². The molecule has 5 atom stereocenters. The van der Waals surface area contributed by atoms with Crippen LogP contribution in [0.5, 0.6) is 0 Å². The summed E-state index contributed by atoms with van der Waals surface area (Å²) < 4.78 is 0. The van der Waals surface area contributed by atoms with Gasteiger partial charge in [0.2, 0.25) is 0 Å². The molecule has 2 aliphatic carbocycles. The zero-order chi connectivity index (χ0) is 16.4. The smallest absolute Gasteiger partial charge is 0.0595 e. The molecule has 5 rings (SSSR count). The van der Waals surface area contributed by atoms with Gasteiger partial charge in [-0.3, -0.25) is 0 Å². The number of halogens is 3. The lowest BCUT2D eigenvalue weighted by atomic mass is 9.68. The Hall–Kier alpha value is -0.890. The molecule has 2 bridgehead atoms. The standard InChI is InChI=1S/C20H18Cl3N/c21-13-4-6-17-14(9-13)18-10-1-2-11(7-10)19(18)20(24-17)12-3-5-15(22)16(23)8-12/h3-6,8-11,18-20,24H,1-2,7H2/t10-,11+,18-,19-,20?/m1/s1. The first-order chi connectivity index (χ1) is 11.6. The lowest BCUT2D eigenvalue weighted by molar-refractivity contribution is 0.247. The van der Waals surface area contributed by atoms with Crippen LogP contribution in [-0.2, 0) is 0 Å². The molecule has 2 saturated carbocycles. The number of anilines is 1. The minimum Gasteiger partial charge on any atom is -0.378 e. The number of rotatable bonds is 1. The molecule has 0 aromatic heterocycles. The van der Waals surface area contributed by atoms with E-state index in [0.29, 0.717) is 27.9 Å². The van der Waals surface area contributed by atoms with Crippen molar-refractivity contribution in [1.29, 1.82) is 0 Å². The predicted octanol–water partition coefficient (Wildman–Crippen LogP) is 6.94. The third-order valence-corrected chi connectivity index (χ3v) is 7.33. The molecule has 0 spiro atoms. The lowest BCUT2D eigenvalue weighted by Gasteiger charge is -2.43. The van der Waals surface area contributed by atoms with Gasteiger partial charge < -0.3 is 5.32 Å². The minimum atomic E-state index is 0.300. The van der Waals surface area contributed by atoms with Crippen molar-refractivity contribution in [3.8, 4) is 0 Å². The highest BCUT2D eigenvalue weighted by molar-refractivity contribution is 6.42. The van der Waals surface area contributed by atoms with Crippen molar-refractivity contribution >= 4 is 40.5 Å². The molecule has 3 aliphatic rings. The second-order valence-electron chi connectivity index (χ2n) is 7.46. The first-order valence-corrected chi connectivity index (χ1v) is 9.76. The third-order valence-electron chi connectivity index (χ3n) is 6.35. The third kappa shape index (κ3) is 2.21. The molecule has 1 N–H and O–H groups in total. The van der Waals surface area contributed by atoms with Crippen LogP contribution in [0.15, 0.2) is 36.4 Å². The summed E-state index contributed by atoms with van der Waals surface area (Å²) >= 11 is 18.7. The Kier molecular flexibility index (Phi) is 3.56. The van der Waals surface area contributed by atoms with Gasteiger partial charge in [-0.2, -0.15) is 0 Å². The predicted molar refractivity (Wildman–Crippen MR) is 101 cm³/mol. The van der Waals surface area contributed by atoms with Gasteiger partial charge in [0.05, 0.1) is 16.1 Å². The molecular weight excluding hydrogens is 361 g/mol. The van der Waals surface area contributed by atoms with E-state index in [0.717, 1.165) is 16.9 Å². The summed E-state index contributed by atoms with van der Waals surface area (Å²) in [5.74, 6) is 2.81. The van der Waals surface area contributed by atoms with E-state index in [1.165, 1.54) is 36.1 Å². The first kappa shape index (κ1) is 15.4. The molecule has 2 aromatic carbocycles. The van der Waals surface area contributed by atoms with Crippen LogP contribution in [0, 0.1) is 17.8 Å². The molecule has 2 aromatic rings. The normalized spacial score (nSPS) is 33.0. The molecule has 2 fully saturated rings. The second kappa shape index (κ2) is 5.56. The van der Waals surface area contributed by atoms with Crippen molar-refractivity contribution in [3.05, 3.63) is 62.6 Å². The summed E-state index contributed by atoms with van der Waals surface area (Å²) in [6.07, 6.45) is 4.05. The Morgan fingerprint density at radius 2 is 1.71 bits per heavy atom. The maximum absolute atomic E-state index is 6.30. The Labute approximate surface area is 157 Å². The molecule has 1 unspecified atom stereocenters. The Bertz CT molecular complexity index is 819. The van der Waals surface area contributed by atoms with Gasteiger partial charge in [0.25, 0.3) is 0 Å². The Morgan fingerprint density at radius 1 is 0.875 bits per heavy atom. The summed E-state index contributed by atoms with van der Waals surface area (Å²) in [5, 5.41) is 5.88. The summed E-state index contributed by atoms with van der Waals surface area (Å²) in [5.41, 5.74) is 3.88. The number of hydrogen-bond donors (Lipinski definition) is 1. The topological polar surface area (TPSA) is 12.0 Å². The molecule has 4 heteroatoms. The number of hydrogen-bond acceptors (Lipinski definition) is 1. The number of benzene rings is 2. The van der Waals surface area contributed by atoms with Gasteiger partial charge in [0.15, 0.2) is 0 Å². The van der Waals surface area contributed by atoms with E-state index in [1.54, 1.807) is 0 Å². The van der Waals surface area contributed by atoms with E-state index in [1.807, 2.05) is 18.2 Å². The quantitative estimate of drug-likeness (QED) is 0.566. The molecule has 0 amide bonds. The molecule has 1 nitrogen and oxygen atoms in total. The zero-order valence-electron chi connectivity index (χ0n) is 13.1. The van der Waals surface area contributed by atoms with E-state index >= 15 is 0 Å². The minimum absolute atomic E-state index is 0.300. The highest BCUT2D eigenvalue weighted by atomic mass is 35.5. The SMILES string of the molecule is Clc1ccc2c(c1)[C@H]1[C@@H]3CC[C@@H](C3)[C@H]1C(c1ccc(Cl)c(Cl)c1)N2.